The van der Waals surface area contributed by atoms with Crippen LogP contribution < -0.4 is 11.1 Å². The van der Waals surface area contributed by atoms with E-state index in [1.165, 1.54) is 24.6 Å². The molecule has 1 aliphatic carbocycles. The lowest BCUT2D eigenvalue weighted by molar-refractivity contribution is -0.119. The maximum absolute atomic E-state index is 11.3. The predicted octanol–water partition coefficient (Wildman–Crippen LogP) is 0.344. The van der Waals surface area contributed by atoms with Crippen LogP contribution in [0.5, 0.6) is 0 Å². The second kappa shape index (κ2) is 6.85. The molecule has 1 aromatic heterocycles. The van der Waals surface area contributed by atoms with Gasteiger partial charge < -0.3 is 11.1 Å². The van der Waals surface area contributed by atoms with E-state index < -0.39 is 0 Å². The summed E-state index contributed by atoms with van der Waals surface area (Å²) in [5.41, 5.74) is 5.35. The molecule has 1 fully saturated rings. The highest BCUT2D eigenvalue weighted by molar-refractivity contribution is 7.99. The highest BCUT2D eigenvalue weighted by Crippen LogP contribution is 2.31. The van der Waals surface area contributed by atoms with Gasteiger partial charge in [-0.3, -0.25) is 4.79 Å². The van der Waals surface area contributed by atoms with Crippen molar-refractivity contribution in [2.75, 3.05) is 12.3 Å². The number of carbonyl (C=O) groups is 1. The molecule has 1 atom stereocenters. The van der Waals surface area contributed by atoms with Crippen LogP contribution in [0.2, 0.25) is 0 Å². The Morgan fingerprint density at radius 2 is 2.32 bits per heavy atom. The first kappa shape index (κ1) is 14.3. The summed E-state index contributed by atoms with van der Waals surface area (Å²) < 4.78 is 1.89. The summed E-state index contributed by atoms with van der Waals surface area (Å²) >= 11 is 1.48. The second-order valence-corrected chi connectivity index (χ2v) is 5.66. The molecular weight excluding hydrogens is 264 g/mol. The van der Waals surface area contributed by atoms with Gasteiger partial charge in [-0.15, -0.1) is 5.10 Å². The SMILES string of the molecule is CCNC(CSc1nnnn1C1CCCC1)C(N)=O. The van der Waals surface area contributed by atoms with Gasteiger partial charge in [0.25, 0.3) is 0 Å². The van der Waals surface area contributed by atoms with Gasteiger partial charge in [0, 0.05) is 5.75 Å². The van der Waals surface area contributed by atoms with Crippen LogP contribution in [0.25, 0.3) is 0 Å². The molecule has 1 heterocycles. The molecule has 0 radical (unpaired) electrons. The second-order valence-electron chi connectivity index (χ2n) is 4.67. The largest absolute Gasteiger partial charge is 0.368 e. The van der Waals surface area contributed by atoms with Gasteiger partial charge in [0.1, 0.15) is 0 Å². The number of primary amides is 1. The predicted molar refractivity (Wildman–Crippen MR) is 72.7 cm³/mol. The highest BCUT2D eigenvalue weighted by Gasteiger charge is 2.23. The Bertz CT molecular complexity index is 417. The summed E-state index contributed by atoms with van der Waals surface area (Å²) in [6, 6.07) is 0.0624. The molecule has 0 aromatic carbocycles. The number of amides is 1. The zero-order valence-corrected chi connectivity index (χ0v) is 11.9. The van der Waals surface area contributed by atoms with Crippen molar-refractivity contribution in [2.45, 2.75) is 49.8 Å². The molecule has 8 heteroatoms. The van der Waals surface area contributed by atoms with Gasteiger partial charge >= 0.3 is 0 Å². The van der Waals surface area contributed by atoms with E-state index in [-0.39, 0.29) is 11.9 Å². The van der Waals surface area contributed by atoms with Crippen LogP contribution in [0.3, 0.4) is 0 Å². The molecule has 1 amide bonds. The Morgan fingerprint density at radius 3 is 2.95 bits per heavy atom. The van der Waals surface area contributed by atoms with Crippen molar-refractivity contribution in [3.05, 3.63) is 0 Å². The fraction of sp³-hybridized carbons (Fsp3) is 0.818. The van der Waals surface area contributed by atoms with E-state index in [4.69, 9.17) is 5.73 Å². The zero-order chi connectivity index (χ0) is 13.7. The first-order valence-corrected chi connectivity index (χ1v) is 7.64. The van der Waals surface area contributed by atoms with E-state index in [9.17, 15) is 4.79 Å². The summed E-state index contributed by atoms with van der Waals surface area (Å²) in [5, 5.41) is 15.7. The molecule has 106 valence electrons. The Kier molecular flexibility index (Phi) is 5.15. The molecule has 0 bridgehead atoms. The van der Waals surface area contributed by atoms with Crippen molar-refractivity contribution in [3.8, 4) is 0 Å². The summed E-state index contributed by atoms with van der Waals surface area (Å²) in [6.07, 6.45) is 4.72. The van der Waals surface area contributed by atoms with Crippen LogP contribution in [0.4, 0.5) is 0 Å². The monoisotopic (exact) mass is 284 g/mol. The van der Waals surface area contributed by atoms with Crippen molar-refractivity contribution in [2.24, 2.45) is 5.73 Å². The summed E-state index contributed by atoms with van der Waals surface area (Å²) in [4.78, 5) is 11.3. The number of nitrogens with two attached hydrogens (primary N) is 1. The fourth-order valence-corrected chi connectivity index (χ4v) is 3.31. The number of hydrogen-bond donors (Lipinski definition) is 2. The molecule has 0 saturated heterocycles. The van der Waals surface area contributed by atoms with Crippen LogP contribution in [-0.4, -0.2) is 44.5 Å². The lowest BCUT2D eigenvalue weighted by Gasteiger charge is -2.14. The normalized spacial score (nSPS) is 17.7. The van der Waals surface area contributed by atoms with Gasteiger partial charge in [-0.2, -0.15) is 0 Å². The van der Waals surface area contributed by atoms with Crippen LogP contribution in [0.15, 0.2) is 5.16 Å². The van der Waals surface area contributed by atoms with Crippen LogP contribution >= 0.6 is 11.8 Å². The summed E-state index contributed by atoms with van der Waals surface area (Å²) in [7, 11) is 0. The minimum absolute atomic E-state index is 0.339. The quantitative estimate of drug-likeness (QED) is 0.701. The number of rotatable bonds is 7. The van der Waals surface area contributed by atoms with Gasteiger partial charge in [0.2, 0.25) is 11.1 Å². The zero-order valence-electron chi connectivity index (χ0n) is 11.1. The Balaban J connectivity index is 1.95. The molecule has 1 saturated carbocycles. The number of hydrogen-bond acceptors (Lipinski definition) is 6. The number of carbonyl (C=O) groups excluding carboxylic acids is 1. The van der Waals surface area contributed by atoms with E-state index >= 15 is 0 Å². The molecule has 3 N–H and O–H groups in total. The van der Waals surface area contributed by atoms with Crippen LogP contribution in [0.1, 0.15) is 38.6 Å². The van der Waals surface area contributed by atoms with Crippen molar-refractivity contribution in [1.29, 1.82) is 0 Å². The number of nitrogens with zero attached hydrogens (tertiary/aromatic N) is 4. The molecule has 19 heavy (non-hydrogen) atoms. The number of likely N-dealkylation sites (N-methyl/N-ethyl adjacent to an activating group) is 1. The summed E-state index contributed by atoms with van der Waals surface area (Å²) in [6.45, 7) is 2.66. The average molecular weight is 284 g/mol. The van der Waals surface area contributed by atoms with Gasteiger partial charge in [-0.25, -0.2) is 4.68 Å². The van der Waals surface area contributed by atoms with E-state index in [1.54, 1.807) is 0 Å². The van der Waals surface area contributed by atoms with Gasteiger partial charge in [0.05, 0.1) is 12.1 Å². The third kappa shape index (κ3) is 3.66. The average Bonchev–Trinajstić information content (AvgIpc) is 3.03. The van der Waals surface area contributed by atoms with Gasteiger partial charge in [-0.1, -0.05) is 31.5 Å². The maximum Gasteiger partial charge on any atom is 0.235 e. The van der Waals surface area contributed by atoms with E-state index in [0.717, 1.165) is 18.0 Å². The van der Waals surface area contributed by atoms with Crippen molar-refractivity contribution in [3.63, 3.8) is 0 Å². The molecular formula is C11H20N6OS. The first-order chi connectivity index (χ1) is 9.22. The van der Waals surface area contributed by atoms with Crippen LogP contribution in [0, 0.1) is 0 Å². The smallest absolute Gasteiger partial charge is 0.235 e. The Morgan fingerprint density at radius 1 is 1.58 bits per heavy atom. The lowest BCUT2D eigenvalue weighted by atomic mass is 10.3. The Hall–Kier alpha value is -1.15. The molecule has 1 aromatic rings. The molecule has 7 nitrogen and oxygen atoms in total. The number of aromatic nitrogens is 4. The van der Waals surface area contributed by atoms with E-state index in [1.807, 2.05) is 11.6 Å². The van der Waals surface area contributed by atoms with Gasteiger partial charge in [0.15, 0.2) is 0 Å². The van der Waals surface area contributed by atoms with E-state index in [0.29, 0.717) is 18.3 Å². The summed E-state index contributed by atoms with van der Waals surface area (Å²) in [5.74, 6) is 0.213. The minimum Gasteiger partial charge on any atom is -0.368 e. The van der Waals surface area contributed by atoms with Crippen molar-refractivity contribution in [1.82, 2.24) is 25.5 Å². The van der Waals surface area contributed by atoms with Crippen molar-refractivity contribution < 1.29 is 4.79 Å². The van der Waals surface area contributed by atoms with Crippen molar-refractivity contribution >= 4 is 17.7 Å². The Labute approximate surface area is 116 Å². The van der Waals surface area contributed by atoms with Crippen LogP contribution in [-0.2, 0) is 4.79 Å². The van der Waals surface area contributed by atoms with Gasteiger partial charge in [-0.05, 0) is 29.8 Å². The standard InChI is InChI=1S/C11H20N6OS/c1-2-13-9(10(12)18)7-19-11-14-15-16-17(11)8-5-3-4-6-8/h8-9,13H,2-7H2,1H3,(H2,12,18). The third-order valence-corrected chi connectivity index (χ3v) is 4.33. The number of tetrazole rings is 1. The lowest BCUT2D eigenvalue weighted by Crippen LogP contribution is -2.43. The molecule has 1 unspecified atom stereocenters. The van der Waals surface area contributed by atoms with E-state index in [2.05, 4.69) is 20.8 Å². The molecule has 0 aliphatic heterocycles. The minimum atomic E-state index is -0.344. The molecule has 1 aliphatic rings. The first-order valence-electron chi connectivity index (χ1n) is 6.65. The number of nitrogens with one attached hydrogen (secondary N) is 1. The molecule has 2 rings (SSSR count). The topological polar surface area (TPSA) is 98.7 Å². The third-order valence-electron chi connectivity index (χ3n) is 3.31. The molecule has 0 spiro atoms. The highest BCUT2D eigenvalue weighted by atomic mass is 32.2. The number of thioether (sulfide) groups is 1. The fourth-order valence-electron chi connectivity index (χ4n) is 2.30. The maximum atomic E-state index is 11.3.